The molecule has 2 aromatic rings. The molecule has 2 rings (SSSR count). The molecule has 0 aliphatic rings. The van der Waals surface area contributed by atoms with Crippen LogP contribution in [0.5, 0.6) is 5.75 Å². The number of aliphatic hydroxyl groups is 1. The maximum atomic E-state index is 12.5. The molecule has 0 radical (unpaired) electrons. The molecule has 0 bridgehead atoms. The quantitative estimate of drug-likeness (QED) is 0.354. The molecule has 0 saturated heterocycles. The molecule has 0 aliphatic carbocycles. The Labute approximate surface area is 168 Å². The molecule has 7 heteroatoms. The number of benzene rings is 2. The summed E-state index contributed by atoms with van der Waals surface area (Å²) >= 11 is 6.57. The summed E-state index contributed by atoms with van der Waals surface area (Å²) in [5.41, 5.74) is 0.0709. The van der Waals surface area contributed by atoms with E-state index in [1.807, 2.05) is 0 Å². The number of hydrogen-bond acceptors (Lipinski definition) is 5. The molecule has 1 N–H and O–H groups in total. The molecule has 1 atom stereocenters. The average Bonchev–Trinajstić information content (AvgIpc) is 2.55. The summed E-state index contributed by atoms with van der Waals surface area (Å²) in [6, 6.07) is 11.6. The van der Waals surface area contributed by atoms with E-state index in [1.165, 1.54) is 12.1 Å². The Kier molecular flexibility index (Phi) is 6.60. The Balaban J connectivity index is 2.23. The van der Waals surface area contributed by atoms with Gasteiger partial charge < -0.3 is 14.6 Å². The van der Waals surface area contributed by atoms with Crippen molar-refractivity contribution >= 4 is 43.8 Å². The van der Waals surface area contributed by atoms with E-state index in [4.69, 9.17) is 9.47 Å². The lowest BCUT2D eigenvalue weighted by Gasteiger charge is -2.19. The van der Waals surface area contributed by atoms with E-state index in [-0.39, 0.29) is 11.3 Å². The predicted molar refractivity (Wildman–Crippen MR) is 104 cm³/mol. The Morgan fingerprint density at radius 3 is 2.08 bits per heavy atom. The van der Waals surface area contributed by atoms with Crippen LogP contribution in [-0.2, 0) is 4.74 Å². The summed E-state index contributed by atoms with van der Waals surface area (Å²) in [5.74, 6) is -0.286. The Morgan fingerprint density at radius 1 is 1.04 bits per heavy atom. The standard InChI is InChI=1S/C19H18Br2O5/c1-19(2,3)26-18(24)25-17-13(20)9-12(10-14(17)21)16(23)15(22)11-7-5-4-6-8-11/h4-10,15,22H,1-3H3. The molecular formula is C19H18Br2O5. The van der Waals surface area contributed by atoms with Crippen molar-refractivity contribution in [3.05, 3.63) is 62.5 Å². The number of hydrogen-bond donors (Lipinski definition) is 1. The molecule has 0 spiro atoms. The number of Topliss-reactive ketones (excluding diaryl/α,β-unsaturated/α-hetero) is 1. The smallest absolute Gasteiger partial charge is 0.428 e. The molecule has 5 nitrogen and oxygen atoms in total. The van der Waals surface area contributed by atoms with Crippen molar-refractivity contribution in [1.29, 1.82) is 0 Å². The number of rotatable bonds is 4. The van der Waals surface area contributed by atoms with Crippen molar-refractivity contribution in [3.63, 3.8) is 0 Å². The summed E-state index contributed by atoms with van der Waals surface area (Å²) in [4.78, 5) is 24.4. The summed E-state index contributed by atoms with van der Waals surface area (Å²) in [6.07, 6.45) is -2.14. The maximum Gasteiger partial charge on any atom is 0.514 e. The van der Waals surface area contributed by atoms with Gasteiger partial charge in [-0.1, -0.05) is 30.3 Å². The molecule has 26 heavy (non-hydrogen) atoms. The Morgan fingerprint density at radius 2 is 1.58 bits per heavy atom. The van der Waals surface area contributed by atoms with Crippen LogP contribution in [-0.4, -0.2) is 22.6 Å². The minimum absolute atomic E-state index is 0.185. The zero-order chi connectivity index (χ0) is 19.5. The van der Waals surface area contributed by atoms with Crippen LogP contribution in [0.25, 0.3) is 0 Å². The second kappa shape index (κ2) is 8.33. The number of halogens is 2. The fourth-order valence-electron chi connectivity index (χ4n) is 2.10. The van der Waals surface area contributed by atoms with Gasteiger partial charge in [0.2, 0.25) is 0 Å². The summed E-state index contributed by atoms with van der Waals surface area (Å²) in [5, 5.41) is 10.3. The first-order chi connectivity index (χ1) is 12.1. The van der Waals surface area contributed by atoms with Crippen LogP contribution in [0.1, 0.15) is 42.8 Å². The SMILES string of the molecule is CC(C)(C)OC(=O)Oc1c(Br)cc(C(=O)C(O)c2ccccc2)cc1Br. The first-order valence-electron chi connectivity index (χ1n) is 7.75. The number of ketones is 1. The van der Waals surface area contributed by atoms with Gasteiger partial charge in [-0.15, -0.1) is 0 Å². The van der Waals surface area contributed by atoms with Gasteiger partial charge in [0, 0.05) is 5.56 Å². The molecule has 0 aromatic heterocycles. The molecule has 138 valence electrons. The van der Waals surface area contributed by atoms with Gasteiger partial charge in [0.15, 0.2) is 11.5 Å². The molecule has 2 aromatic carbocycles. The number of ether oxygens (including phenoxy) is 2. The van der Waals surface area contributed by atoms with Crippen LogP contribution in [0.15, 0.2) is 51.4 Å². The lowest BCUT2D eigenvalue weighted by molar-refractivity contribution is 0.0203. The van der Waals surface area contributed by atoms with Crippen molar-refractivity contribution in [2.75, 3.05) is 0 Å². The molecule has 0 fully saturated rings. The minimum atomic E-state index is -1.28. The molecule has 0 amide bonds. The number of aliphatic hydroxyl groups excluding tert-OH is 1. The van der Waals surface area contributed by atoms with Crippen molar-refractivity contribution in [3.8, 4) is 5.75 Å². The van der Waals surface area contributed by atoms with E-state index < -0.39 is 23.6 Å². The van der Waals surface area contributed by atoms with Crippen LogP contribution in [0.3, 0.4) is 0 Å². The third kappa shape index (κ3) is 5.40. The summed E-state index contributed by atoms with van der Waals surface area (Å²) in [7, 11) is 0. The van der Waals surface area contributed by atoms with E-state index in [0.29, 0.717) is 14.5 Å². The van der Waals surface area contributed by atoms with Crippen molar-refractivity contribution < 1.29 is 24.2 Å². The highest BCUT2D eigenvalue weighted by Crippen LogP contribution is 2.36. The summed E-state index contributed by atoms with van der Waals surface area (Å²) < 4.78 is 11.1. The second-order valence-electron chi connectivity index (χ2n) is 6.51. The largest absolute Gasteiger partial charge is 0.514 e. The summed E-state index contributed by atoms with van der Waals surface area (Å²) in [6.45, 7) is 5.18. The van der Waals surface area contributed by atoms with Crippen LogP contribution in [0.2, 0.25) is 0 Å². The van der Waals surface area contributed by atoms with Crippen molar-refractivity contribution in [2.24, 2.45) is 0 Å². The molecule has 0 aliphatic heterocycles. The van der Waals surface area contributed by atoms with Crippen LogP contribution < -0.4 is 4.74 Å². The van der Waals surface area contributed by atoms with Gasteiger partial charge >= 0.3 is 6.16 Å². The van der Waals surface area contributed by atoms with E-state index in [0.717, 1.165) is 0 Å². The highest BCUT2D eigenvalue weighted by molar-refractivity contribution is 9.11. The lowest BCUT2D eigenvalue weighted by atomic mass is 10.00. The minimum Gasteiger partial charge on any atom is -0.428 e. The monoisotopic (exact) mass is 484 g/mol. The van der Waals surface area contributed by atoms with E-state index in [2.05, 4.69) is 31.9 Å². The van der Waals surface area contributed by atoms with Gasteiger partial charge in [-0.2, -0.15) is 0 Å². The van der Waals surface area contributed by atoms with Crippen LogP contribution in [0, 0.1) is 0 Å². The highest BCUT2D eigenvalue weighted by Gasteiger charge is 2.24. The van der Waals surface area contributed by atoms with Crippen molar-refractivity contribution in [2.45, 2.75) is 32.5 Å². The third-order valence-electron chi connectivity index (χ3n) is 3.22. The van der Waals surface area contributed by atoms with Gasteiger partial charge in [0.05, 0.1) is 8.95 Å². The van der Waals surface area contributed by atoms with Gasteiger partial charge in [0.1, 0.15) is 11.7 Å². The maximum absolute atomic E-state index is 12.5. The third-order valence-corrected chi connectivity index (χ3v) is 4.40. The molecular weight excluding hydrogens is 468 g/mol. The highest BCUT2D eigenvalue weighted by atomic mass is 79.9. The van der Waals surface area contributed by atoms with E-state index >= 15 is 0 Å². The van der Waals surface area contributed by atoms with Gasteiger partial charge in [-0.3, -0.25) is 4.79 Å². The van der Waals surface area contributed by atoms with Gasteiger partial charge in [0.25, 0.3) is 0 Å². The molecule has 0 saturated carbocycles. The zero-order valence-corrected chi connectivity index (χ0v) is 17.6. The topological polar surface area (TPSA) is 72.8 Å². The van der Waals surface area contributed by atoms with E-state index in [1.54, 1.807) is 51.1 Å². The predicted octanol–water partition coefficient (Wildman–Crippen LogP) is 5.44. The first kappa shape index (κ1) is 20.6. The fourth-order valence-corrected chi connectivity index (χ4v) is 3.45. The zero-order valence-electron chi connectivity index (χ0n) is 14.5. The normalized spacial score (nSPS) is 12.4. The Bertz CT molecular complexity index is 789. The fraction of sp³-hybridized carbons (Fsp3) is 0.263. The molecule has 1 unspecified atom stereocenters. The van der Waals surface area contributed by atoms with Gasteiger partial charge in [-0.25, -0.2) is 4.79 Å². The number of carbonyl (C=O) groups excluding carboxylic acids is 2. The van der Waals surface area contributed by atoms with Crippen molar-refractivity contribution in [1.82, 2.24) is 0 Å². The first-order valence-corrected chi connectivity index (χ1v) is 9.34. The van der Waals surface area contributed by atoms with Crippen LogP contribution in [0.4, 0.5) is 4.79 Å². The van der Waals surface area contributed by atoms with Crippen LogP contribution >= 0.6 is 31.9 Å². The average molecular weight is 486 g/mol. The lowest BCUT2D eigenvalue weighted by Crippen LogP contribution is -2.26. The Hall–Kier alpha value is -1.70. The second-order valence-corrected chi connectivity index (χ2v) is 8.22. The number of carbonyl (C=O) groups is 2. The molecule has 0 heterocycles. The van der Waals surface area contributed by atoms with E-state index in [9.17, 15) is 14.7 Å². The van der Waals surface area contributed by atoms with Gasteiger partial charge in [-0.05, 0) is 70.3 Å².